The zero-order valence-electron chi connectivity index (χ0n) is 23.9. The van der Waals surface area contributed by atoms with E-state index in [4.69, 9.17) is 42.1 Å². The van der Waals surface area contributed by atoms with Crippen molar-refractivity contribution in [3.8, 4) is 11.6 Å². The summed E-state index contributed by atoms with van der Waals surface area (Å²) in [7, 11) is 3.17. The molecule has 224 valence electrons. The van der Waals surface area contributed by atoms with Gasteiger partial charge in [-0.3, -0.25) is 4.79 Å². The number of hydrogen-bond donors (Lipinski definition) is 1. The third kappa shape index (κ3) is 8.08. The second kappa shape index (κ2) is 15.1. The minimum absolute atomic E-state index is 0.00447. The summed E-state index contributed by atoms with van der Waals surface area (Å²) in [5.41, 5.74) is 0.219. The molecule has 0 aliphatic heterocycles. The van der Waals surface area contributed by atoms with Crippen molar-refractivity contribution in [2.75, 3.05) is 27.4 Å². The van der Waals surface area contributed by atoms with E-state index in [-0.39, 0.29) is 19.6 Å². The maximum Gasteiger partial charge on any atom is 0.344 e. The van der Waals surface area contributed by atoms with Crippen LogP contribution in [0.15, 0.2) is 58.5 Å². The summed E-state index contributed by atoms with van der Waals surface area (Å²) in [6.07, 6.45) is 2.04. The van der Waals surface area contributed by atoms with Crippen LogP contribution in [0.1, 0.15) is 37.5 Å². The van der Waals surface area contributed by atoms with Crippen LogP contribution in [0.2, 0.25) is 10.0 Å². The average molecular weight is 636 g/mol. The van der Waals surface area contributed by atoms with E-state index < -0.39 is 23.4 Å². The lowest BCUT2D eigenvalue weighted by atomic mass is 9.90. The molecule has 0 saturated heterocycles. The molecular weight excluding hydrogens is 603 g/mol. The Kier molecular flexibility index (Phi) is 11.9. The number of hydrogen-bond acceptors (Lipinski definition) is 9. The highest BCUT2D eigenvalue weighted by atomic mass is 35.5. The zero-order chi connectivity index (χ0) is 30.9. The number of nitrogens with one attached hydrogen (secondary N) is 1. The van der Waals surface area contributed by atoms with Crippen LogP contribution in [0, 0.1) is 0 Å². The monoisotopic (exact) mass is 634 g/mol. The molecule has 0 aliphatic rings. The normalized spacial score (nSPS) is 11.0. The summed E-state index contributed by atoms with van der Waals surface area (Å²) in [5, 5.41) is 3.04. The van der Waals surface area contributed by atoms with Crippen molar-refractivity contribution in [3.05, 3.63) is 75.4 Å². The smallest absolute Gasteiger partial charge is 0.344 e. The first-order valence-corrected chi connectivity index (χ1v) is 14.6. The number of ether oxygens (including phenoxy) is 4. The topological polar surface area (TPSA) is 113 Å². The number of esters is 2. The molecule has 0 spiro atoms. The maximum atomic E-state index is 13.0. The lowest BCUT2D eigenvalue weighted by Gasteiger charge is -2.30. The van der Waals surface area contributed by atoms with E-state index in [1.807, 2.05) is 24.3 Å². The van der Waals surface area contributed by atoms with Crippen molar-refractivity contribution in [1.82, 2.24) is 10.3 Å². The number of benzene rings is 2. The summed E-state index contributed by atoms with van der Waals surface area (Å²) in [5.74, 6) is -1.25. The summed E-state index contributed by atoms with van der Waals surface area (Å²) in [4.78, 5) is 43.8. The average Bonchev–Trinajstić information content (AvgIpc) is 2.95. The van der Waals surface area contributed by atoms with E-state index in [1.54, 1.807) is 52.5 Å². The van der Waals surface area contributed by atoms with Crippen molar-refractivity contribution < 1.29 is 33.3 Å². The van der Waals surface area contributed by atoms with Gasteiger partial charge in [-0.1, -0.05) is 41.0 Å². The third-order valence-electron chi connectivity index (χ3n) is 6.04. The zero-order valence-corrected chi connectivity index (χ0v) is 26.2. The van der Waals surface area contributed by atoms with E-state index in [9.17, 15) is 14.4 Å². The van der Waals surface area contributed by atoms with E-state index >= 15 is 0 Å². The number of carbonyl (C=O) groups excluding carboxylic acids is 3. The van der Waals surface area contributed by atoms with Gasteiger partial charge in [-0.2, -0.15) is 0 Å². The SMILES string of the molecule is CCOC(=O)C(Cc1cc(Cl)c(Sc2ccc(OC)c(Cc3ccc(OC)nc3)c2)c(Cl)c1)(NC(C)=O)C(=O)OCC. The van der Waals surface area contributed by atoms with Crippen molar-refractivity contribution in [2.45, 2.75) is 48.9 Å². The van der Waals surface area contributed by atoms with E-state index in [0.717, 1.165) is 21.8 Å². The van der Waals surface area contributed by atoms with Gasteiger partial charge in [0.25, 0.3) is 0 Å². The molecule has 1 aromatic heterocycles. The lowest BCUT2D eigenvalue weighted by Crippen LogP contribution is -2.62. The second-order valence-corrected chi connectivity index (χ2v) is 11.0. The van der Waals surface area contributed by atoms with Gasteiger partial charge < -0.3 is 24.3 Å². The Morgan fingerprint density at radius 2 is 1.55 bits per heavy atom. The number of aromatic nitrogens is 1. The quantitative estimate of drug-likeness (QED) is 0.187. The fourth-order valence-corrected chi connectivity index (χ4v) is 5.88. The molecule has 1 heterocycles. The molecule has 1 N–H and O–H groups in total. The molecule has 2 aromatic carbocycles. The summed E-state index contributed by atoms with van der Waals surface area (Å²) in [6, 6.07) is 12.7. The predicted molar refractivity (Wildman–Crippen MR) is 161 cm³/mol. The number of halogens is 2. The minimum Gasteiger partial charge on any atom is -0.496 e. The van der Waals surface area contributed by atoms with Gasteiger partial charge in [0, 0.05) is 41.8 Å². The number of rotatable bonds is 13. The van der Waals surface area contributed by atoms with Crippen LogP contribution in [0.25, 0.3) is 0 Å². The van der Waals surface area contributed by atoms with Gasteiger partial charge in [-0.25, -0.2) is 14.6 Å². The Morgan fingerprint density at radius 1 is 0.905 bits per heavy atom. The molecule has 3 rings (SSSR count). The Labute approximate surface area is 259 Å². The van der Waals surface area contributed by atoms with Crippen molar-refractivity contribution >= 4 is 52.8 Å². The molecule has 9 nitrogen and oxygen atoms in total. The molecule has 0 atom stereocenters. The van der Waals surface area contributed by atoms with Crippen LogP contribution < -0.4 is 14.8 Å². The Bertz CT molecular complexity index is 1390. The molecular formula is C30H32Cl2N2O7S. The van der Waals surface area contributed by atoms with Crippen LogP contribution >= 0.6 is 35.0 Å². The first-order chi connectivity index (χ1) is 20.1. The fraction of sp³-hybridized carbons (Fsp3) is 0.333. The fourth-order valence-electron chi connectivity index (χ4n) is 4.23. The molecule has 0 fully saturated rings. The van der Waals surface area contributed by atoms with Crippen molar-refractivity contribution in [3.63, 3.8) is 0 Å². The van der Waals surface area contributed by atoms with E-state index in [0.29, 0.717) is 32.8 Å². The number of pyridine rings is 1. The molecule has 1 amide bonds. The van der Waals surface area contributed by atoms with Gasteiger partial charge in [0.1, 0.15) is 5.75 Å². The van der Waals surface area contributed by atoms with Crippen LogP contribution in [0.4, 0.5) is 0 Å². The van der Waals surface area contributed by atoms with Gasteiger partial charge in [-0.05, 0) is 60.9 Å². The van der Waals surface area contributed by atoms with E-state index in [2.05, 4.69) is 10.3 Å². The maximum absolute atomic E-state index is 13.0. The summed E-state index contributed by atoms with van der Waals surface area (Å²) < 4.78 is 21.0. The molecule has 12 heteroatoms. The summed E-state index contributed by atoms with van der Waals surface area (Å²) in [6.45, 7) is 4.38. The van der Waals surface area contributed by atoms with Crippen LogP contribution in [0.5, 0.6) is 11.6 Å². The highest BCUT2D eigenvalue weighted by Gasteiger charge is 2.50. The molecule has 0 saturated carbocycles. The van der Waals surface area contributed by atoms with Crippen LogP contribution in [-0.2, 0) is 36.7 Å². The minimum atomic E-state index is -2.11. The molecule has 0 bridgehead atoms. The number of methoxy groups -OCH3 is 2. The Hall–Kier alpha value is -3.47. The molecule has 0 radical (unpaired) electrons. The van der Waals surface area contributed by atoms with Gasteiger partial charge in [0.15, 0.2) is 0 Å². The van der Waals surface area contributed by atoms with Crippen LogP contribution in [0.3, 0.4) is 0 Å². The first-order valence-electron chi connectivity index (χ1n) is 13.0. The van der Waals surface area contributed by atoms with Gasteiger partial charge in [0.2, 0.25) is 17.3 Å². The van der Waals surface area contributed by atoms with Gasteiger partial charge >= 0.3 is 11.9 Å². The number of amides is 1. The summed E-state index contributed by atoms with van der Waals surface area (Å²) >= 11 is 14.7. The second-order valence-electron chi connectivity index (χ2n) is 9.05. The first kappa shape index (κ1) is 33.0. The predicted octanol–water partition coefficient (Wildman–Crippen LogP) is 5.69. The lowest BCUT2D eigenvalue weighted by molar-refractivity contribution is -0.168. The Balaban J connectivity index is 1.93. The van der Waals surface area contributed by atoms with Gasteiger partial charge in [-0.15, -0.1) is 0 Å². The molecule has 3 aromatic rings. The highest BCUT2D eigenvalue weighted by molar-refractivity contribution is 7.99. The molecule has 0 aliphatic carbocycles. The van der Waals surface area contributed by atoms with E-state index in [1.165, 1.54) is 18.7 Å². The largest absolute Gasteiger partial charge is 0.496 e. The highest BCUT2D eigenvalue weighted by Crippen LogP contribution is 2.41. The number of nitrogens with zero attached hydrogens (tertiary/aromatic N) is 1. The third-order valence-corrected chi connectivity index (χ3v) is 7.99. The van der Waals surface area contributed by atoms with Crippen LogP contribution in [-0.4, -0.2) is 55.8 Å². The number of carbonyl (C=O) groups is 3. The molecule has 0 unspecified atom stereocenters. The van der Waals surface area contributed by atoms with Gasteiger partial charge in [0.05, 0.1) is 37.5 Å². The standard InChI is InChI=1S/C30H32Cl2N2O7S/c1-6-40-28(36)30(34-18(3)35,29(37)41-7-2)16-20-13-23(31)27(24(32)14-20)42-22-9-10-25(38-4)21(15-22)12-19-8-11-26(39-5)33-17-19/h8-11,13-15,17H,6-7,12,16H2,1-5H3,(H,34,35). The van der Waals surface area contributed by atoms with Crippen molar-refractivity contribution in [2.24, 2.45) is 0 Å². The Morgan fingerprint density at radius 3 is 2.05 bits per heavy atom. The van der Waals surface area contributed by atoms with Crippen molar-refractivity contribution in [1.29, 1.82) is 0 Å². The molecule has 42 heavy (non-hydrogen) atoms.